The van der Waals surface area contributed by atoms with Crippen molar-refractivity contribution in [3.63, 3.8) is 0 Å². The number of pyridine rings is 2. The van der Waals surface area contributed by atoms with Gasteiger partial charge in [-0.3, -0.25) is 4.79 Å². The highest BCUT2D eigenvalue weighted by Crippen LogP contribution is 2.31. The van der Waals surface area contributed by atoms with Crippen LogP contribution in [0.15, 0.2) is 42.7 Å². The number of hydrogen-bond donors (Lipinski definition) is 3. The van der Waals surface area contributed by atoms with Crippen molar-refractivity contribution in [1.29, 1.82) is 0 Å². The quantitative estimate of drug-likeness (QED) is 0.582. The third-order valence-electron chi connectivity index (χ3n) is 5.13. The number of anilines is 2. The van der Waals surface area contributed by atoms with Gasteiger partial charge < -0.3 is 15.7 Å². The van der Waals surface area contributed by atoms with Crippen molar-refractivity contribution in [2.24, 2.45) is 5.92 Å². The van der Waals surface area contributed by atoms with Gasteiger partial charge in [-0.15, -0.1) is 0 Å². The van der Waals surface area contributed by atoms with Crippen LogP contribution in [-0.4, -0.2) is 28.0 Å². The van der Waals surface area contributed by atoms with Crippen molar-refractivity contribution in [1.82, 2.24) is 9.97 Å². The maximum Gasteiger partial charge on any atom is 0.228 e. The van der Waals surface area contributed by atoms with Crippen LogP contribution >= 0.6 is 0 Å². The smallest absolute Gasteiger partial charge is 0.228 e. The van der Waals surface area contributed by atoms with Crippen molar-refractivity contribution in [2.75, 3.05) is 17.7 Å². The zero-order valence-electron chi connectivity index (χ0n) is 17.3. The van der Waals surface area contributed by atoms with Crippen molar-refractivity contribution >= 4 is 28.3 Å². The van der Waals surface area contributed by atoms with Gasteiger partial charge in [-0.1, -0.05) is 30.0 Å². The van der Waals surface area contributed by atoms with E-state index in [1.54, 1.807) is 33.3 Å². The van der Waals surface area contributed by atoms with E-state index in [1.807, 2.05) is 30.3 Å². The summed E-state index contributed by atoms with van der Waals surface area (Å²) in [5.41, 5.74) is 1.25. The summed E-state index contributed by atoms with van der Waals surface area (Å²) in [5.74, 6) is 7.68. The van der Waals surface area contributed by atoms with Gasteiger partial charge in [0, 0.05) is 41.7 Å². The Kier molecular flexibility index (Phi) is 5.15. The lowest BCUT2D eigenvalue weighted by molar-refractivity contribution is -0.117. The lowest BCUT2D eigenvalue weighted by Gasteiger charge is -2.19. The average molecular weight is 400 g/mol. The number of aromatic nitrogens is 2. The first kappa shape index (κ1) is 19.9. The Morgan fingerprint density at radius 1 is 1.10 bits per heavy atom. The molecule has 2 aromatic heterocycles. The SMILES string of the molecule is CNc1ncc(C#Cc2ccccc2C(C)(C)O)c2cc(NC(=O)C3CC3)ncc12. The molecule has 2 heterocycles. The number of hydrogen-bond acceptors (Lipinski definition) is 5. The van der Waals surface area contributed by atoms with Crippen LogP contribution < -0.4 is 10.6 Å². The first-order valence-corrected chi connectivity index (χ1v) is 9.98. The minimum atomic E-state index is -0.994. The van der Waals surface area contributed by atoms with E-state index >= 15 is 0 Å². The molecule has 4 rings (SSSR count). The number of nitrogens with zero attached hydrogens (tertiary/aromatic N) is 2. The second-order valence-electron chi connectivity index (χ2n) is 8.00. The van der Waals surface area contributed by atoms with Crippen molar-refractivity contribution in [3.05, 3.63) is 59.4 Å². The number of carbonyl (C=O) groups excluding carboxylic acids is 1. The summed E-state index contributed by atoms with van der Waals surface area (Å²) in [7, 11) is 1.80. The highest BCUT2D eigenvalue weighted by Gasteiger charge is 2.29. The average Bonchev–Trinajstić information content (AvgIpc) is 3.57. The van der Waals surface area contributed by atoms with Crippen LogP contribution in [0.25, 0.3) is 10.8 Å². The highest BCUT2D eigenvalue weighted by atomic mass is 16.3. The van der Waals surface area contributed by atoms with Crippen LogP contribution in [0, 0.1) is 17.8 Å². The van der Waals surface area contributed by atoms with E-state index in [9.17, 15) is 9.90 Å². The Morgan fingerprint density at radius 2 is 1.83 bits per heavy atom. The fourth-order valence-corrected chi connectivity index (χ4v) is 3.34. The van der Waals surface area contributed by atoms with Crippen LogP contribution in [-0.2, 0) is 10.4 Å². The molecule has 0 spiro atoms. The molecule has 0 radical (unpaired) electrons. The van der Waals surface area contributed by atoms with Gasteiger partial charge in [0.25, 0.3) is 0 Å². The summed E-state index contributed by atoms with van der Waals surface area (Å²) in [6.07, 6.45) is 5.28. The van der Waals surface area contributed by atoms with Crippen molar-refractivity contribution < 1.29 is 9.90 Å². The number of rotatable bonds is 4. The van der Waals surface area contributed by atoms with Gasteiger partial charge in [0.1, 0.15) is 11.6 Å². The molecular weight excluding hydrogens is 376 g/mol. The molecule has 1 aromatic carbocycles. The van der Waals surface area contributed by atoms with Gasteiger partial charge >= 0.3 is 0 Å². The molecule has 3 N–H and O–H groups in total. The molecule has 3 aromatic rings. The van der Waals surface area contributed by atoms with Crippen LogP contribution in [0.5, 0.6) is 0 Å². The fourth-order valence-electron chi connectivity index (χ4n) is 3.34. The van der Waals surface area contributed by atoms with Gasteiger partial charge in [0.2, 0.25) is 5.91 Å². The molecule has 1 fully saturated rings. The standard InChI is InChI=1S/C24H24N4O2/c1-24(2,30)20-7-5-4-6-15(20)8-11-17-13-27-22(25-3)19-14-26-21(12-18(17)19)28-23(29)16-9-10-16/h4-7,12-14,16,30H,9-10H2,1-3H3,(H,25,27)(H,26,28,29). The molecule has 0 saturated heterocycles. The minimum absolute atomic E-state index is 0.0106. The monoisotopic (exact) mass is 400 g/mol. The largest absolute Gasteiger partial charge is 0.386 e. The minimum Gasteiger partial charge on any atom is -0.386 e. The number of benzene rings is 1. The maximum atomic E-state index is 12.1. The lowest BCUT2D eigenvalue weighted by Crippen LogP contribution is -2.17. The van der Waals surface area contributed by atoms with Gasteiger partial charge in [0.15, 0.2) is 0 Å². The summed E-state index contributed by atoms with van der Waals surface area (Å²) < 4.78 is 0. The summed E-state index contributed by atoms with van der Waals surface area (Å²) in [4.78, 5) is 21.0. The molecule has 0 unspecified atom stereocenters. The second-order valence-corrected chi connectivity index (χ2v) is 8.00. The van der Waals surface area contributed by atoms with E-state index in [2.05, 4.69) is 32.4 Å². The van der Waals surface area contributed by atoms with Crippen LogP contribution in [0.2, 0.25) is 0 Å². The molecule has 30 heavy (non-hydrogen) atoms. The molecule has 1 saturated carbocycles. The number of carbonyl (C=O) groups is 1. The molecular formula is C24H24N4O2. The van der Waals surface area contributed by atoms with Crippen LogP contribution in [0.1, 0.15) is 43.4 Å². The summed E-state index contributed by atoms with van der Waals surface area (Å²) in [6, 6.07) is 9.39. The topological polar surface area (TPSA) is 87.1 Å². The van der Waals surface area contributed by atoms with E-state index < -0.39 is 5.60 Å². The zero-order valence-corrected chi connectivity index (χ0v) is 17.3. The van der Waals surface area contributed by atoms with E-state index in [-0.39, 0.29) is 11.8 Å². The van der Waals surface area contributed by atoms with Crippen molar-refractivity contribution in [3.8, 4) is 11.8 Å². The Balaban J connectivity index is 1.78. The van der Waals surface area contributed by atoms with E-state index in [0.717, 1.165) is 40.3 Å². The number of nitrogens with one attached hydrogen (secondary N) is 2. The van der Waals surface area contributed by atoms with Crippen molar-refractivity contribution in [2.45, 2.75) is 32.3 Å². The lowest BCUT2D eigenvalue weighted by atomic mass is 9.93. The summed E-state index contributed by atoms with van der Waals surface area (Å²) in [6.45, 7) is 3.49. The Bertz CT molecular complexity index is 1180. The normalized spacial score (nSPS) is 13.5. The first-order chi connectivity index (χ1) is 14.4. The molecule has 1 aliphatic rings. The first-order valence-electron chi connectivity index (χ1n) is 9.98. The molecule has 1 amide bonds. The predicted molar refractivity (Wildman–Crippen MR) is 118 cm³/mol. The third-order valence-corrected chi connectivity index (χ3v) is 5.13. The molecule has 1 aliphatic carbocycles. The van der Waals surface area contributed by atoms with Gasteiger partial charge in [-0.25, -0.2) is 9.97 Å². The molecule has 152 valence electrons. The second kappa shape index (κ2) is 7.77. The predicted octanol–water partition coefficient (Wildman–Crippen LogP) is 3.65. The van der Waals surface area contributed by atoms with E-state index in [4.69, 9.17) is 0 Å². The van der Waals surface area contributed by atoms with Gasteiger partial charge in [0.05, 0.1) is 11.2 Å². The molecule has 0 aliphatic heterocycles. The van der Waals surface area contributed by atoms with Crippen LogP contribution in [0.3, 0.4) is 0 Å². The third kappa shape index (κ3) is 4.12. The number of amides is 1. The molecule has 0 bridgehead atoms. The molecule has 6 heteroatoms. The number of fused-ring (bicyclic) bond motifs is 1. The van der Waals surface area contributed by atoms with Gasteiger partial charge in [-0.2, -0.15) is 0 Å². The van der Waals surface area contributed by atoms with Crippen LogP contribution in [0.4, 0.5) is 11.6 Å². The fraction of sp³-hybridized carbons (Fsp3) is 0.292. The Hall–Kier alpha value is -3.43. The van der Waals surface area contributed by atoms with E-state index in [0.29, 0.717) is 11.6 Å². The highest BCUT2D eigenvalue weighted by molar-refractivity contribution is 5.99. The number of aliphatic hydroxyl groups is 1. The Morgan fingerprint density at radius 3 is 2.53 bits per heavy atom. The van der Waals surface area contributed by atoms with Gasteiger partial charge in [-0.05, 0) is 44.4 Å². The Labute approximate surface area is 175 Å². The molecule has 0 atom stereocenters. The summed E-state index contributed by atoms with van der Waals surface area (Å²) >= 11 is 0. The maximum absolute atomic E-state index is 12.1. The summed E-state index contributed by atoms with van der Waals surface area (Å²) in [5, 5.41) is 18.1. The molecule has 6 nitrogen and oxygen atoms in total. The van der Waals surface area contributed by atoms with E-state index in [1.165, 1.54) is 0 Å². The zero-order chi connectivity index (χ0) is 21.3.